The van der Waals surface area contributed by atoms with Crippen molar-refractivity contribution >= 4 is 11.6 Å². The first kappa shape index (κ1) is 17.0. The van der Waals surface area contributed by atoms with Gasteiger partial charge in [0.2, 0.25) is 0 Å². The second kappa shape index (κ2) is 7.12. The highest BCUT2D eigenvalue weighted by atomic mass is 19.1. The summed E-state index contributed by atoms with van der Waals surface area (Å²) < 4.78 is 14.0. The summed E-state index contributed by atoms with van der Waals surface area (Å²) in [6.07, 6.45) is 0.526. The van der Waals surface area contributed by atoms with E-state index in [4.69, 9.17) is 0 Å². The lowest BCUT2D eigenvalue weighted by atomic mass is 10.0. The molecule has 0 aliphatic rings. The van der Waals surface area contributed by atoms with Gasteiger partial charge in [-0.2, -0.15) is 0 Å². The molecule has 0 radical (unpaired) electrons. The molecule has 0 fully saturated rings. The summed E-state index contributed by atoms with van der Waals surface area (Å²) in [5, 5.41) is 22.5. The lowest BCUT2D eigenvalue weighted by molar-refractivity contribution is -0.385. The van der Waals surface area contributed by atoms with Crippen LogP contribution in [0.15, 0.2) is 12.1 Å². The van der Waals surface area contributed by atoms with E-state index in [0.717, 1.165) is 12.1 Å². The Hall–Kier alpha value is -2.02. The minimum absolute atomic E-state index is 0.0266. The predicted molar refractivity (Wildman–Crippen MR) is 75.6 cm³/mol. The summed E-state index contributed by atoms with van der Waals surface area (Å²) in [5.41, 5.74) is -0.703. The number of nitro benzene ring substituents is 1. The molecule has 1 aromatic rings. The van der Waals surface area contributed by atoms with Gasteiger partial charge >= 0.3 is 0 Å². The van der Waals surface area contributed by atoms with Crippen LogP contribution < -0.4 is 5.32 Å². The van der Waals surface area contributed by atoms with Gasteiger partial charge in [0.1, 0.15) is 5.82 Å². The van der Waals surface area contributed by atoms with Crippen LogP contribution in [0, 0.1) is 28.8 Å². The van der Waals surface area contributed by atoms with Crippen molar-refractivity contribution in [2.45, 2.75) is 33.2 Å². The van der Waals surface area contributed by atoms with Crippen molar-refractivity contribution in [3.8, 4) is 0 Å². The molecule has 0 aromatic heterocycles. The van der Waals surface area contributed by atoms with Gasteiger partial charge in [-0.05, 0) is 24.8 Å². The van der Waals surface area contributed by atoms with Crippen LogP contribution in [0.5, 0.6) is 0 Å². The highest BCUT2D eigenvalue weighted by molar-refractivity contribution is 5.95. The van der Waals surface area contributed by atoms with Crippen molar-refractivity contribution in [2.75, 3.05) is 6.61 Å². The van der Waals surface area contributed by atoms with Gasteiger partial charge in [-0.1, -0.05) is 13.8 Å². The number of nitro groups is 1. The minimum Gasteiger partial charge on any atom is -0.394 e. The van der Waals surface area contributed by atoms with Crippen molar-refractivity contribution in [3.63, 3.8) is 0 Å². The number of nitrogens with one attached hydrogen (secondary N) is 1. The molecule has 1 atom stereocenters. The average molecular weight is 298 g/mol. The molecule has 0 aliphatic heterocycles. The lowest BCUT2D eigenvalue weighted by Crippen LogP contribution is -2.38. The van der Waals surface area contributed by atoms with Crippen molar-refractivity contribution in [1.29, 1.82) is 0 Å². The molecule has 1 aromatic carbocycles. The summed E-state index contributed by atoms with van der Waals surface area (Å²) in [5.74, 6) is -1.32. The summed E-state index contributed by atoms with van der Waals surface area (Å²) in [6, 6.07) is 1.46. The first-order valence-electron chi connectivity index (χ1n) is 6.62. The Balaban J connectivity index is 3.03. The van der Waals surface area contributed by atoms with E-state index in [9.17, 15) is 24.4 Å². The monoisotopic (exact) mass is 298 g/mol. The van der Waals surface area contributed by atoms with Crippen LogP contribution in [0.4, 0.5) is 10.1 Å². The van der Waals surface area contributed by atoms with Crippen LogP contribution in [0.25, 0.3) is 0 Å². The van der Waals surface area contributed by atoms with E-state index in [1.807, 2.05) is 13.8 Å². The molecular weight excluding hydrogens is 279 g/mol. The number of hydrogen-bond donors (Lipinski definition) is 2. The maximum Gasteiger partial charge on any atom is 0.270 e. The molecule has 0 saturated carbocycles. The van der Waals surface area contributed by atoms with E-state index in [-0.39, 0.29) is 29.3 Å². The third-order valence-corrected chi connectivity index (χ3v) is 3.01. The number of nitrogens with zero attached hydrogens (tertiary/aromatic N) is 1. The van der Waals surface area contributed by atoms with Crippen LogP contribution in [0.3, 0.4) is 0 Å². The molecule has 7 heteroatoms. The van der Waals surface area contributed by atoms with Crippen molar-refractivity contribution in [1.82, 2.24) is 5.32 Å². The van der Waals surface area contributed by atoms with Gasteiger partial charge in [0, 0.05) is 12.1 Å². The number of carbonyl (C=O) groups is 1. The zero-order valence-corrected chi connectivity index (χ0v) is 12.2. The van der Waals surface area contributed by atoms with Crippen molar-refractivity contribution in [3.05, 3.63) is 39.2 Å². The number of aryl methyl sites for hydroxylation is 1. The topological polar surface area (TPSA) is 92.5 Å². The Morgan fingerprint density at radius 1 is 1.48 bits per heavy atom. The van der Waals surface area contributed by atoms with Crippen LogP contribution >= 0.6 is 0 Å². The zero-order chi connectivity index (χ0) is 16.2. The number of halogens is 1. The van der Waals surface area contributed by atoms with Gasteiger partial charge in [0.05, 0.1) is 23.1 Å². The molecule has 0 aliphatic carbocycles. The molecule has 1 amide bonds. The number of carbonyl (C=O) groups excluding carboxylic acids is 1. The number of hydrogen-bond acceptors (Lipinski definition) is 4. The van der Waals surface area contributed by atoms with Crippen LogP contribution in [0.2, 0.25) is 0 Å². The largest absolute Gasteiger partial charge is 0.394 e. The van der Waals surface area contributed by atoms with Crippen LogP contribution in [0.1, 0.15) is 36.2 Å². The molecule has 1 rings (SSSR count). The number of amides is 1. The Kier molecular flexibility index (Phi) is 5.78. The summed E-state index contributed by atoms with van der Waals surface area (Å²) >= 11 is 0. The van der Waals surface area contributed by atoms with Crippen LogP contribution in [-0.2, 0) is 0 Å². The van der Waals surface area contributed by atoms with Crippen LogP contribution in [-0.4, -0.2) is 28.6 Å². The number of aliphatic hydroxyl groups is 1. The van der Waals surface area contributed by atoms with Crippen molar-refractivity contribution in [2.24, 2.45) is 5.92 Å². The van der Waals surface area contributed by atoms with E-state index in [1.54, 1.807) is 0 Å². The molecule has 0 spiro atoms. The number of rotatable bonds is 6. The fraction of sp³-hybridized carbons (Fsp3) is 0.500. The zero-order valence-electron chi connectivity index (χ0n) is 12.2. The molecule has 2 N–H and O–H groups in total. The fourth-order valence-corrected chi connectivity index (χ4v) is 2.03. The summed E-state index contributed by atoms with van der Waals surface area (Å²) in [7, 11) is 0. The Morgan fingerprint density at radius 3 is 2.57 bits per heavy atom. The fourth-order valence-electron chi connectivity index (χ4n) is 2.03. The van der Waals surface area contributed by atoms with Gasteiger partial charge in [0.15, 0.2) is 0 Å². The first-order valence-corrected chi connectivity index (χ1v) is 6.62. The Bertz CT molecular complexity index is 546. The predicted octanol–water partition coefficient (Wildman–Crippen LogP) is 2.18. The second-order valence-electron chi connectivity index (χ2n) is 5.36. The van der Waals surface area contributed by atoms with Gasteiger partial charge in [-0.3, -0.25) is 14.9 Å². The Morgan fingerprint density at radius 2 is 2.10 bits per heavy atom. The summed E-state index contributed by atoms with van der Waals surface area (Å²) in [4.78, 5) is 22.2. The van der Waals surface area contributed by atoms with E-state index < -0.39 is 22.7 Å². The number of benzene rings is 1. The lowest BCUT2D eigenvalue weighted by Gasteiger charge is -2.18. The third-order valence-electron chi connectivity index (χ3n) is 3.01. The summed E-state index contributed by atoms with van der Waals surface area (Å²) in [6.45, 7) is 4.93. The first-order chi connectivity index (χ1) is 9.76. The third kappa shape index (κ3) is 4.49. The normalized spacial score (nSPS) is 12.3. The highest BCUT2D eigenvalue weighted by Gasteiger charge is 2.22. The van der Waals surface area contributed by atoms with Gasteiger partial charge < -0.3 is 10.4 Å². The molecular formula is C14H19FN2O4. The molecule has 1 unspecified atom stereocenters. The second-order valence-corrected chi connectivity index (χ2v) is 5.36. The maximum atomic E-state index is 14.0. The quantitative estimate of drug-likeness (QED) is 0.622. The molecule has 21 heavy (non-hydrogen) atoms. The van der Waals surface area contributed by atoms with Gasteiger partial charge in [-0.15, -0.1) is 0 Å². The van der Waals surface area contributed by atoms with E-state index >= 15 is 0 Å². The molecule has 0 bridgehead atoms. The molecule has 116 valence electrons. The maximum absolute atomic E-state index is 14.0. The SMILES string of the molecule is Cc1cc([N+](=O)[O-])cc(C(=O)NC(CO)CC(C)C)c1F. The van der Waals surface area contributed by atoms with E-state index in [1.165, 1.54) is 6.92 Å². The average Bonchev–Trinajstić information content (AvgIpc) is 2.39. The van der Waals surface area contributed by atoms with E-state index in [2.05, 4.69) is 5.32 Å². The van der Waals surface area contributed by atoms with Crippen molar-refractivity contribution < 1.29 is 19.2 Å². The molecule has 0 heterocycles. The number of aliphatic hydroxyl groups excluding tert-OH is 1. The van der Waals surface area contributed by atoms with E-state index in [0.29, 0.717) is 6.42 Å². The number of non-ortho nitro benzene ring substituents is 1. The standard InChI is InChI=1S/C14H19FN2O4/c1-8(2)4-10(7-18)16-14(19)12-6-11(17(20)21)5-9(3)13(12)15/h5-6,8,10,18H,4,7H2,1-3H3,(H,16,19). The smallest absolute Gasteiger partial charge is 0.270 e. The van der Waals surface area contributed by atoms with Gasteiger partial charge in [0.25, 0.3) is 11.6 Å². The molecule has 6 nitrogen and oxygen atoms in total. The minimum atomic E-state index is -0.792. The molecule has 0 saturated heterocycles. The van der Waals surface area contributed by atoms with Gasteiger partial charge in [-0.25, -0.2) is 4.39 Å². The Labute approximate surface area is 122 Å². The highest BCUT2D eigenvalue weighted by Crippen LogP contribution is 2.21.